The van der Waals surface area contributed by atoms with Gasteiger partial charge in [-0.1, -0.05) is 31.2 Å². The predicted molar refractivity (Wildman–Crippen MR) is 93.5 cm³/mol. The molecule has 2 aromatic rings. The molecule has 0 radical (unpaired) electrons. The molecule has 1 N–H and O–H groups in total. The highest BCUT2D eigenvalue weighted by molar-refractivity contribution is 6.00. The van der Waals surface area contributed by atoms with Gasteiger partial charge in [0, 0.05) is 12.1 Å². The van der Waals surface area contributed by atoms with Gasteiger partial charge in [-0.3, -0.25) is 9.59 Å². The molecule has 0 saturated heterocycles. The van der Waals surface area contributed by atoms with Crippen molar-refractivity contribution in [3.63, 3.8) is 0 Å². The number of nitrogens with zero attached hydrogens (tertiary/aromatic N) is 1. The number of carbonyl (C=O) groups excluding carboxylic acids is 1. The number of hydrogen-bond acceptors (Lipinski definition) is 4. The third-order valence-corrected chi connectivity index (χ3v) is 4.91. The summed E-state index contributed by atoms with van der Waals surface area (Å²) in [5, 5.41) is 9.99. The van der Waals surface area contributed by atoms with E-state index in [9.17, 15) is 14.7 Å². The zero-order valence-electron chi connectivity index (χ0n) is 14.3. The van der Waals surface area contributed by atoms with Crippen molar-refractivity contribution in [2.45, 2.75) is 25.3 Å². The molecule has 6 heteroatoms. The third kappa shape index (κ3) is 2.49. The molecule has 0 spiro atoms. The number of carboxylic acids is 1. The maximum atomic E-state index is 13.1. The van der Waals surface area contributed by atoms with Gasteiger partial charge in [-0.2, -0.15) is 0 Å². The lowest BCUT2D eigenvalue weighted by atomic mass is 9.79. The first-order chi connectivity index (χ1) is 12.6. The van der Waals surface area contributed by atoms with Crippen LogP contribution in [0.15, 0.2) is 42.5 Å². The van der Waals surface area contributed by atoms with Crippen molar-refractivity contribution < 1.29 is 24.2 Å². The van der Waals surface area contributed by atoms with E-state index >= 15 is 0 Å². The zero-order valence-corrected chi connectivity index (χ0v) is 14.3. The van der Waals surface area contributed by atoms with Crippen molar-refractivity contribution in [3.05, 3.63) is 59.2 Å². The van der Waals surface area contributed by atoms with Crippen LogP contribution >= 0.6 is 0 Å². The first-order valence-corrected chi connectivity index (χ1v) is 8.64. The second-order valence-electron chi connectivity index (χ2n) is 6.46. The summed E-state index contributed by atoms with van der Waals surface area (Å²) in [6.07, 6.45) is 0.737. The summed E-state index contributed by atoms with van der Waals surface area (Å²) < 4.78 is 10.8. The van der Waals surface area contributed by atoms with E-state index in [-0.39, 0.29) is 12.7 Å². The van der Waals surface area contributed by atoms with Crippen molar-refractivity contribution in [2.24, 2.45) is 0 Å². The van der Waals surface area contributed by atoms with Gasteiger partial charge in [-0.15, -0.1) is 0 Å². The number of carboxylic acid groups (broad SMARTS) is 1. The van der Waals surface area contributed by atoms with Crippen LogP contribution < -0.4 is 9.47 Å². The monoisotopic (exact) mass is 353 g/mol. The maximum Gasteiger partial charge on any atom is 0.313 e. The molecule has 134 valence electrons. The van der Waals surface area contributed by atoms with Crippen molar-refractivity contribution >= 4 is 11.9 Å². The summed E-state index contributed by atoms with van der Waals surface area (Å²) in [4.78, 5) is 26.9. The number of benzene rings is 2. The van der Waals surface area contributed by atoms with E-state index in [2.05, 4.69) is 0 Å². The number of carbonyl (C=O) groups is 2. The Kier molecular flexibility index (Phi) is 4.03. The molecule has 0 saturated carbocycles. The van der Waals surface area contributed by atoms with E-state index in [4.69, 9.17) is 9.47 Å². The molecule has 26 heavy (non-hydrogen) atoms. The van der Waals surface area contributed by atoms with Gasteiger partial charge in [0.15, 0.2) is 11.5 Å². The summed E-state index contributed by atoms with van der Waals surface area (Å²) in [5.41, 5.74) is 1.75. The second kappa shape index (κ2) is 6.37. The SMILES string of the molecule is CCCN1C(=O)c2ccccc2[C@@H](C(=O)O)[C@H]1c1ccc2c(c1)OCO2. The van der Waals surface area contributed by atoms with Crippen molar-refractivity contribution in [1.29, 1.82) is 0 Å². The van der Waals surface area contributed by atoms with Crippen molar-refractivity contribution in [3.8, 4) is 11.5 Å². The number of aliphatic carboxylic acids is 1. The molecule has 0 aromatic heterocycles. The van der Waals surface area contributed by atoms with Crippen LogP contribution in [-0.2, 0) is 4.79 Å². The van der Waals surface area contributed by atoms with Crippen LogP contribution in [0.25, 0.3) is 0 Å². The quantitative estimate of drug-likeness (QED) is 0.913. The Morgan fingerprint density at radius 2 is 1.96 bits per heavy atom. The van der Waals surface area contributed by atoms with Crippen molar-refractivity contribution in [1.82, 2.24) is 4.90 Å². The predicted octanol–water partition coefficient (Wildman–Crippen LogP) is 3.19. The van der Waals surface area contributed by atoms with Crippen LogP contribution in [0.4, 0.5) is 0 Å². The Balaban J connectivity index is 1.88. The van der Waals surface area contributed by atoms with E-state index in [0.29, 0.717) is 29.2 Å². The molecule has 2 atom stereocenters. The average molecular weight is 353 g/mol. The summed E-state index contributed by atoms with van der Waals surface area (Å²) in [7, 11) is 0. The van der Waals surface area contributed by atoms with E-state index in [1.54, 1.807) is 41.3 Å². The fraction of sp³-hybridized carbons (Fsp3) is 0.300. The number of ether oxygens (including phenoxy) is 2. The van der Waals surface area contributed by atoms with E-state index in [1.807, 2.05) is 13.0 Å². The second-order valence-corrected chi connectivity index (χ2v) is 6.46. The van der Waals surface area contributed by atoms with Crippen LogP contribution in [0.2, 0.25) is 0 Å². The van der Waals surface area contributed by atoms with Gasteiger partial charge < -0.3 is 19.5 Å². The summed E-state index contributed by atoms with van der Waals surface area (Å²) in [6, 6.07) is 11.7. The Labute approximate surface area is 151 Å². The fourth-order valence-electron chi connectivity index (χ4n) is 3.81. The molecule has 2 aliphatic heterocycles. The standard InChI is InChI=1S/C20H19NO5/c1-2-9-21-18(12-7-8-15-16(10-12)26-11-25-15)17(20(23)24)13-5-3-4-6-14(13)19(21)22/h3-8,10,17-18H,2,9,11H2,1H3,(H,23,24)/t17-,18-/m1/s1. The Morgan fingerprint density at radius 3 is 2.73 bits per heavy atom. The largest absolute Gasteiger partial charge is 0.481 e. The molecule has 2 aliphatic rings. The van der Waals surface area contributed by atoms with Crippen LogP contribution in [0.5, 0.6) is 11.5 Å². The van der Waals surface area contributed by atoms with Crippen molar-refractivity contribution in [2.75, 3.05) is 13.3 Å². The van der Waals surface area contributed by atoms with Gasteiger partial charge in [-0.05, 0) is 35.7 Å². The van der Waals surface area contributed by atoms with E-state index in [0.717, 1.165) is 12.0 Å². The topological polar surface area (TPSA) is 76.1 Å². The van der Waals surface area contributed by atoms with Gasteiger partial charge in [-0.25, -0.2) is 0 Å². The molecule has 2 aromatic carbocycles. The smallest absolute Gasteiger partial charge is 0.313 e. The van der Waals surface area contributed by atoms with Gasteiger partial charge in [0.2, 0.25) is 6.79 Å². The first kappa shape index (κ1) is 16.4. The van der Waals surface area contributed by atoms with Crippen LogP contribution in [0, 0.1) is 0 Å². The lowest BCUT2D eigenvalue weighted by Gasteiger charge is -2.40. The molecular formula is C20H19NO5. The molecule has 1 amide bonds. The molecule has 6 nitrogen and oxygen atoms in total. The first-order valence-electron chi connectivity index (χ1n) is 8.64. The minimum Gasteiger partial charge on any atom is -0.481 e. The van der Waals surface area contributed by atoms with Gasteiger partial charge in [0.25, 0.3) is 5.91 Å². The summed E-state index contributed by atoms with van der Waals surface area (Å²) >= 11 is 0. The minimum absolute atomic E-state index is 0.136. The number of fused-ring (bicyclic) bond motifs is 2. The molecule has 0 fully saturated rings. The Bertz CT molecular complexity index is 878. The van der Waals surface area contributed by atoms with Crippen LogP contribution in [0.1, 0.15) is 46.8 Å². The fourth-order valence-corrected chi connectivity index (χ4v) is 3.81. The molecule has 2 heterocycles. The number of amides is 1. The molecule has 4 rings (SSSR count). The van der Waals surface area contributed by atoms with Crippen LogP contribution in [-0.4, -0.2) is 35.2 Å². The lowest BCUT2D eigenvalue weighted by molar-refractivity contribution is -0.140. The third-order valence-electron chi connectivity index (χ3n) is 4.91. The summed E-state index contributed by atoms with van der Waals surface area (Å²) in [6.45, 7) is 2.60. The molecular weight excluding hydrogens is 334 g/mol. The number of rotatable bonds is 4. The summed E-state index contributed by atoms with van der Waals surface area (Å²) in [5.74, 6) is -0.716. The Morgan fingerprint density at radius 1 is 1.19 bits per heavy atom. The molecule has 0 bridgehead atoms. The van der Waals surface area contributed by atoms with Gasteiger partial charge >= 0.3 is 5.97 Å². The van der Waals surface area contributed by atoms with Gasteiger partial charge in [0.05, 0.1) is 6.04 Å². The highest BCUT2D eigenvalue weighted by Gasteiger charge is 2.44. The highest BCUT2D eigenvalue weighted by Crippen LogP contribution is 2.45. The normalized spacial score (nSPS) is 20.8. The zero-order chi connectivity index (χ0) is 18.3. The van der Waals surface area contributed by atoms with Gasteiger partial charge in [0.1, 0.15) is 5.92 Å². The molecule has 0 aliphatic carbocycles. The average Bonchev–Trinajstić information content (AvgIpc) is 3.11. The minimum atomic E-state index is -0.950. The highest BCUT2D eigenvalue weighted by atomic mass is 16.7. The maximum absolute atomic E-state index is 13.1. The number of hydrogen-bond donors (Lipinski definition) is 1. The van der Waals surface area contributed by atoms with Crippen LogP contribution in [0.3, 0.4) is 0 Å². The Hall–Kier alpha value is -3.02. The van der Waals surface area contributed by atoms with E-state index in [1.165, 1.54) is 0 Å². The van der Waals surface area contributed by atoms with E-state index < -0.39 is 17.9 Å². The lowest BCUT2D eigenvalue weighted by Crippen LogP contribution is -2.45. The molecule has 0 unspecified atom stereocenters.